The first kappa shape index (κ1) is 13.6. The fourth-order valence-electron chi connectivity index (χ4n) is 2.09. The molecule has 0 radical (unpaired) electrons. The largest absolute Gasteiger partial charge is 0.324 e. The standard InChI is InChI=1S/C15H14F3N/c1-9-6-11(16)4-5-13(9)15(19)7-10-2-3-12(17)8-14(10)18/h2-6,8,15H,7,19H2,1H3. The van der Waals surface area contributed by atoms with Crippen molar-refractivity contribution in [3.63, 3.8) is 0 Å². The topological polar surface area (TPSA) is 26.0 Å². The number of hydrogen-bond acceptors (Lipinski definition) is 1. The van der Waals surface area contributed by atoms with E-state index in [1.807, 2.05) is 0 Å². The van der Waals surface area contributed by atoms with Gasteiger partial charge < -0.3 is 5.73 Å². The van der Waals surface area contributed by atoms with Crippen molar-refractivity contribution < 1.29 is 13.2 Å². The average Bonchev–Trinajstić information content (AvgIpc) is 2.32. The molecule has 0 aliphatic rings. The Bertz CT molecular complexity index is 596. The predicted octanol–water partition coefficient (Wildman–Crippen LogP) is 3.65. The first-order chi connectivity index (χ1) is 8.97. The molecule has 19 heavy (non-hydrogen) atoms. The molecule has 2 aromatic carbocycles. The highest BCUT2D eigenvalue weighted by Crippen LogP contribution is 2.22. The van der Waals surface area contributed by atoms with Crippen LogP contribution in [-0.4, -0.2) is 0 Å². The zero-order chi connectivity index (χ0) is 14.0. The number of aryl methyl sites for hydroxylation is 1. The minimum atomic E-state index is -0.618. The van der Waals surface area contributed by atoms with Crippen LogP contribution < -0.4 is 5.73 Å². The predicted molar refractivity (Wildman–Crippen MR) is 68.1 cm³/mol. The van der Waals surface area contributed by atoms with Crippen molar-refractivity contribution in [2.75, 3.05) is 0 Å². The van der Waals surface area contributed by atoms with Gasteiger partial charge >= 0.3 is 0 Å². The van der Waals surface area contributed by atoms with Crippen molar-refractivity contribution in [3.05, 3.63) is 70.5 Å². The molecule has 0 bridgehead atoms. The lowest BCUT2D eigenvalue weighted by Gasteiger charge is -2.15. The van der Waals surface area contributed by atoms with E-state index in [0.29, 0.717) is 5.56 Å². The van der Waals surface area contributed by atoms with Gasteiger partial charge in [-0.25, -0.2) is 13.2 Å². The second kappa shape index (κ2) is 5.45. The van der Waals surface area contributed by atoms with E-state index in [1.54, 1.807) is 13.0 Å². The van der Waals surface area contributed by atoms with Gasteiger partial charge in [0.15, 0.2) is 0 Å². The SMILES string of the molecule is Cc1cc(F)ccc1C(N)Cc1ccc(F)cc1F. The third kappa shape index (κ3) is 3.15. The molecule has 0 fully saturated rings. The quantitative estimate of drug-likeness (QED) is 0.900. The third-order valence-corrected chi connectivity index (χ3v) is 3.09. The summed E-state index contributed by atoms with van der Waals surface area (Å²) in [5.74, 6) is -1.57. The molecule has 2 aromatic rings. The minimum Gasteiger partial charge on any atom is -0.324 e. The molecule has 0 aliphatic heterocycles. The van der Waals surface area contributed by atoms with Crippen LogP contribution in [0.1, 0.15) is 22.7 Å². The molecule has 1 nitrogen and oxygen atoms in total. The normalized spacial score (nSPS) is 12.5. The average molecular weight is 265 g/mol. The molecule has 2 rings (SSSR count). The fraction of sp³-hybridized carbons (Fsp3) is 0.200. The molecule has 2 N–H and O–H groups in total. The molecule has 4 heteroatoms. The second-order valence-corrected chi connectivity index (χ2v) is 4.55. The van der Waals surface area contributed by atoms with Crippen molar-refractivity contribution in [3.8, 4) is 0 Å². The van der Waals surface area contributed by atoms with E-state index in [9.17, 15) is 13.2 Å². The highest BCUT2D eigenvalue weighted by molar-refractivity contribution is 5.31. The van der Waals surface area contributed by atoms with Gasteiger partial charge in [0.05, 0.1) is 0 Å². The molecule has 100 valence electrons. The maximum Gasteiger partial charge on any atom is 0.129 e. The van der Waals surface area contributed by atoms with E-state index >= 15 is 0 Å². The number of hydrogen-bond donors (Lipinski definition) is 1. The van der Waals surface area contributed by atoms with Crippen molar-refractivity contribution in [1.82, 2.24) is 0 Å². The number of halogens is 3. The van der Waals surface area contributed by atoms with E-state index in [1.165, 1.54) is 24.3 Å². The van der Waals surface area contributed by atoms with E-state index < -0.39 is 17.7 Å². The van der Waals surface area contributed by atoms with Gasteiger partial charge in [0, 0.05) is 12.1 Å². The molecule has 0 aromatic heterocycles. The summed E-state index contributed by atoms with van der Waals surface area (Å²) < 4.78 is 39.3. The highest BCUT2D eigenvalue weighted by atomic mass is 19.1. The molecular formula is C15H14F3N. The Morgan fingerprint density at radius 2 is 1.63 bits per heavy atom. The Hall–Kier alpha value is -1.81. The Morgan fingerprint density at radius 1 is 1.00 bits per heavy atom. The van der Waals surface area contributed by atoms with Gasteiger partial charge in [-0.2, -0.15) is 0 Å². The first-order valence-corrected chi connectivity index (χ1v) is 5.93. The number of rotatable bonds is 3. The van der Waals surface area contributed by atoms with Crippen LogP contribution in [0.5, 0.6) is 0 Å². The van der Waals surface area contributed by atoms with Gasteiger partial charge in [0.25, 0.3) is 0 Å². The molecule has 0 heterocycles. The highest BCUT2D eigenvalue weighted by Gasteiger charge is 2.13. The number of benzene rings is 2. The van der Waals surface area contributed by atoms with Gasteiger partial charge in [-0.1, -0.05) is 12.1 Å². The van der Waals surface area contributed by atoms with Crippen LogP contribution in [0.3, 0.4) is 0 Å². The lowest BCUT2D eigenvalue weighted by Crippen LogP contribution is -2.15. The smallest absolute Gasteiger partial charge is 0.129 e. The van der Waals surface area contributed by atoms with Gasteiger partial charge in [-0.15, -0.1) is 0 Å². The Morgan fingerprint density at radius 3 is 2.26 bits per heavy atom. The maximum absolute atomic E-state index is 13.5. The van der Waals surface area contributed by atoms with Crippen LogP contribution in [0.25, 0.3) is 0 Å². The molecule has 0 aliphatic carbocycles. The summed E-state index contributed by atoms with van der Waals surface area (Å²) in [5.41, 5.74) is 7.82. The van der Waals surface area contributed by atoms with Gasteiger partial charge in [-0.3, -0.25) is 0 Å². The van der Waals surface area contributed by atoms with Crippen LogP contribution in [0, 0.1) is 24.4 Å². The maximum atomic E-state index is 13.5. The molecule has 0 amide bonds. The first-order valence-electron chi connectivity index (χ1n) is 5.93. The van der Waals surface area contributed by atoms with Gasteiger partial charge in [0.2, 0.25) is 0 Å². The van der Waals surface area contributed by atoms with Crippen LogP contribution in [-0.2, 0) is 6.42 Å². The monoisotopic (exact) mass is 265 g/mol. The van der Waals surface area contributed by atoms with E-state index in [2.05, 4.69) is 0 Å². The zero-order valence-corrected chi connectivity index (χ0v) is 10.5. The fourth-order valence-corrected chi connectivity index (χ4v) is 2.09. The minimum absolute atomic E-state index is 0.235. The summed E-state index contributed by atoms with van der Waals surface area (Å²) in [5, 5.41) is 0. The molecule has 0 saturated heterocycles. The summed E-state index contributed by atoms with van der Waals surface area (Å²) in [6.45, 7) is 1.75. The molecule has 1 unspecified atom stereocenters. The van der Waals surface area contributed by atoms with Gasteiger partial charge in [0.1, 0.15) is 17.5 Å². The summed E-state index contributed by atoms with van der Waals surface area (Å²) in [7, 11) is 0. The Balaban J connectivity index is 2.23. The molecule has 0 spiro atoms. The summed E-state index contributed by atoms with van der Waals surface area (Å²) >= 11 is 0. The van der Waals surface area contributed by atoms with Crippen molar-refractivity contribution in [2.24, 2.45) is 5.73 Å². The van der Waals surface area contributed by atoms with Crippen LogP contribution in [0.4, 0.5) is 13.2 Å². The van der Waals surface area contributed by atoms with Crippen molar-refractivity contribution in [1.29, 1.82) is 0 Å². The molecule has 1 atom stereocenters. The summed E-state index contributed by atoms with van der Waals surface area (Å²) in [6.07, 6.45) is 0.235. The van der Waals surface area contributed by atoms with Crippen LogP contribution in [0.2, 0.25) is 0 Å². The zero-order valence-electron chi connectivity index (χ0n) is 10.5. The third-order valence-electron chi connectivity index (χ3n) is 3.09. The van der Waals surface area contributed by atoms with Crippen LogP contribution >= 0.6 is 0 Å². The van der Waals surface area contributed by atoms with Crippen molar-refractivity contribution in [2.45, 2.75) is 19.4 Å². The second-order valence-electron chi connectivity index (χ2n) is 4.55. The van der Waals surface area contributed by atoms with E-state index in [4.69, 9.17) is 5.73 Å². The number of nitrogens with two attached hydrogens (primary N) is 1. The van der Waals surface area contributed by atoms with E-state index in [0.717, 1.165) is 17.2 Å². The Labute approximate surface area is 109 Å². The lowest BCUT2D eigenvalue weighted by atomic mass is 9.96. The summed E-state index contributed by atoms with van der Waals surface area (Å²) in [6, 6.07) is 7.25. The molecule has 0 saturated carbocycles. The van der Waals surface area contributed by atoms with Crippen LogP contribution in [0.15, 0.2) is 36.4 Å². The van der Waals surface area contributed by atoms with Crippen molar-refractivity contribution >= 4 is 0 Å². The summed E-state index contributed by atoms with van der Waals surface area (Å²) in [4.78, 5) is 0. The Kier molecular flexibility index (Phi) is 3.90. The lowest BCUT2D eigenvalue weighted by molar-refractivity contribution is 0.562. The van der Waals surface area contributed by atoms with E-state index in [-0.39, 0.29) is 12.2 Å². The van der Waals surface area contributed by atoms with Gasteiger partial charge in [-0.05, 0) is 48.2 Å². The molecular weight excluding hydrogens is 251 g/mol.